The van der Waals surface area contributed by atoms with E-state index in [4.69, 9.17) is 10.00 Å². The lowest BCUT2D eigenvalue weighted by Crippen LogP contribution is -2.41. The van der Waals surface area contributed by atoms with Crippen LogP contribution in [0, 0.1) is 11.3 Å². The van der Waals surface area contributed by atoms with Crippen molar-refractivity contribution in [2.75, 3.05) is 24.6 Å². The average Bonchev–Trinajstić information content (AvgIpc) is 2.29. The fraction of sp³-hybridized carbons (Fsp3) is 0.455. The van der Waals surface area contributed by atoms with Gasteiger partial charge in [-0.15, -0.1) is 0 Å². The predicted molar refractivity (Wildman–Crippen MR) is 56.6 cm³/mol. The molecule has 1 saturated heterocycles. The molecule has 4 nitrogen and oxygen atoms in total. The molecule has 0 saturated carbocycles. The molecule has 2 heterocycles. The first-order valence-corrected chi connectivity index (χ1v) is 5.02. The third kappa shape index (κ3) is 2.08. The number of pyridine rings is 1. The number of nitriles is 1. The second kappa shape index (κ2) is 4.28. The van der Waals surface area contributed by atoms with Crippen molar-refractivity contribution in [3.63, 3.8) is 0 Å². The van der Waals surface area contributed by atoms with Crippen LogP contribution in [0.5, 0.6) is 0 Å². The fourth-order valence-corrected chi connectivity index (χ4v) is 1.77. The summed E-state index contributed by atoms with van der Waals surface area (Å²) in [6.45, 7) is 4.39. The standard InChI is InChI=1S/C11H13N3O/c1-9-8-14(4-5-15-9)11-7-13-3-2-10(11)6-12/h2-3,7,9H,4-5,8H2,1H3. The Morgan fingerprint density at radius 2 is 2.53 bits per heavy atom. The Morgan fingerprint density at radius 1 is 1.67 bits per heavy atom. The van der Waals surface area contributed by atoms with Gasteiger partial charge in [-0.3, -0.25) is 4.98 Å². The summed E-state index contributed by atoms with van der Waals surface area (Å²) < 4.78 is 5.46. The quantitative estimate of drug-likeness (QED) is 0.687. The van der Waals surface area contributed by atoms with Crippen molar-refractivity contribution in [2.45, 2.75) is 13.0 Å². The van der Waals surface area contributed by atoms with Crippen LogP contribution in [0.1, 0.15) is 12.5 Å². The Kier molecular flexibility index (Phi) is 2.84. The maximum atomic E-state index is 8.98. The van der Waals surface area contributed by atoms with Gasteiger partial charge >= 0.3 is 0 Å². The summed E-state index contributed by atoms with van der Waals surface area (Å²) in [6, 6.07) is 3.93. The monoisotopic (exact) mass is 203 g/mol. The van der Waals surface area contributed by atoms with Gasteiger partial charge in [0.05, 0.1) is 30.2 Å². The molecule has 1 aromatic heterocycles. The summed E-state index contributed by atoms with van der Waals surface area (Å²) in [5.74, 6) is 0. The van der Waals surface area contributed by atoms with Gasteiger partial charge in [0.2, 0.25) is 0 Å². The van der Waals surface area contributed by atoms with Gasteiger partial charge < -0.3 is 9.64 Å². The number of hydrogen-bond acceptors (Lipinski definition) is 4. The van der Waals surface area contributed by atoms with Crippen molar-refractivity contribution in [1.82, 2.24) is 4.98 Å². The van der Waals surface area contributed by atoms with Crippen LogP contribution in [0.3, 0.4) is 0 Å². The van der Waals surface area contributed by atoms with E-state index in [9.17, 15) is 0 Å². The van der Waals surface area contributed by atoms with Crippen LogP contribution in [0.25, 0.3) is 0 Å². The normalized spacial score (nSPS) is 21.1. The molecule has 1 atom stereocenters. The highest BCUT2D eigenvalue weighted by Crippen LogP contribution is 2.20. The highest BCUT2D eigenvalue weighted by Gasteiger charge is 2.19. The molecule has 0 aromatic carbocycles. The molecule has 0 amide bonds. The number of morpholine rings is 1. The lowest BCUT2D eigenvalue weighted by molar-refractivity contribution is 0.0532. The fourth-order valence-electron chi connectivity index (χ4n) is 1.77. The van der Waals surface area contributed by atoms with Crippen molar-refractivity contribution >= 4 is 5.69 Å². The van der Waals surface area contributed by atoms with Crippen molar-refractivity contribution in [1.29, 1.82) is 5.26 Å². The number of hydrogen-bond donors (Lipinski definition) is 0. The Hall–Kier alpha value is -1.60. The third-order valence-corrected chi connectivity index (χ3v) is 2.50. The van der Waals surface area contributed by atoms with Gasteiger partial charge in [0, 0.05) is 19.3 Å². The van der Waals surface area contributed by atoms with E-state index >= 15 is 0 Å². The van der Waals surface area contributed by atoms with E-state index in [1.54, 1.807) is 18.5 Å². The molecule has 0 radical (unpaired) electrons. The Balaban J connectivity index is 2.25. The molecular formula is C11H13N3O. The molecule has 0 bridgehead atoms. The molecule has 2 rings (SSSR count). The second-order valence-corrected chi connectivity index (χ2v) is 3.63. The molecule has 1 aromatic rings. The molecule has 1 unspecified atom stereocenters. The first-order valence-electron chi connectivity index (χ1n) is 5.02. The zero-order valence-corrected chi connectivity index (χ0v) is 8.68. The summed E-state index contributed by atoms with van der Waals surface area (Å²) in [5.41, 5.74) is 1.59. The van der Waals surface area contributed by atoms with Crippen molar-refractivity contribution in [2.24, 2.45) is 0 Å². The van der Waals surface area contributed by atoms with Crippen LogP contribution in [-0.4, -0.2) is 30.8 Å². The zero-order valence-electron chi connectivity index (χ0n) is 8.68. The average molecular weight is 203 g/mol. The minimum absolute atomic E-state index is 0.213. The highest BCUT2D eigenvalue weighted by molar-refractivity contribution is 5.57. The van der Waals surface area contributed by atoms with Gasteiger partial charge in [0.15, 0.2) is 0 Å². The van der Waals surface area contributed by atoms with E-state index in [-0.39, 0.29) is 6.10 Å². The lowest BCUT2D eigenvalue weighted by atomic mass is 10.2. The summed E-state index contributed by atoms with van der Waals surface area (Å²) in [6.07, 6.45) is 3.60. The van der Waals surface area contributed by atoms with E-state index in [0.29, 0.717) is 12.2 Å². The van der Waals surface area contributed by atoms with Gasteiger partial charge in [-0.1, -0.05) is 0 Å². The molecule has 0 spiro atoms. The summed E-state index contributed by atoms with van der Waals surface area (Å²) in [4.78, 5) is 6.21. The minimum Gasteiger partial charge on any atom is -0.375 e. The largest absolute Gasteiger partial charge is 0.375 e. The number of aromatic nitrogens is 1. The van der Waals surface area contributed by atoms with Crippen LogP contribution >= 0.6 is 0 Å². The van der Waals surface area contributed by atoms with Gasteiger partial charge in [-0.05, 0) is 13.0 Å². The van der Waals surface area contributed by atoms with Crippen LogP contribution in [0.4, 0.5) is 5.69 Å². The summed E-state index contributed by atoms with van der Waals surface area (Å²) in [5, 5.41) is 8.98. The van der Waals surface area contributed by atoms with E-state index in [2.05, 4.69) is 16.0 Å². The van der Waals surface area contributed by atoms with Gasteiger partial charge in [0.1, 0.15) is 6.07 Å². The number of ether oxygens (including phenoxy) is 1. The van der Waals surface area contributed by atoms with Crippen LogP contribution < -0.4 is 4.90 Å². The molecule has 4 heteroatoms. The van der Waals surface area contributed by atoms with Crippen molar-refractivity contribution < 1.29 is 4.74 Å². The number of nitrogens with zero attached hydrogens (tertiary/aromatic N) is 3. The predicted octanol–water partition coefficient (Wildman–Crippen LogP) is 1.18. The Bertz CT molecular complexity index is 386. The van der Waals surface area contributed by atoms with E-state index < -0.39 is 0 Å². The number of rotatable bonds is 1. The van der Waals surface area contributed by atoms with Gasteiger partial charge in [-0.2, -0.15) is 5.26 Å². The molecule has 15 heavy (non-hydrogen) atoms. The first kappa shape index (κ1) is 9.94. The second-order valence-electron chi connectivity index (χ2n) is 3.63. The van der Waals surface area contributed by atoms with Crippen molar-refractivity contribution in [3.05, 3.63) is 24.0 Å². The van der Waals surface area contributed by atoms with E-state index in [1.165, 1.54) is 0 Å². The maximum Gasteiger partial charge on any atom is 0.101 e. The molecule has 1 aliphatic rings. The summed E-state index contributed by atoms with van der Waals surface area (Å²) in [7, 11) is 0. The van der Waals surface area contributed by atoms with Gasteiger partial charge in [0.25, 0.3) is 0 Å². The highest BCUT2D eigenvalue weighted by atomic mass is 16.5. The Labute approximate surface area is 89.1 Å². The molecule has 0 N–H and O–H groups in total. The topological polar surface area (TPSA) is 49.2 Å². The summed E-state index contributed by atoms with van der Waals surface area (Å²) >= 11 is 0. The third-order valence-electron chi connectivity index (χ3n) is 2.50. The minimum atomic E-state index is 0.213. The van der Waals surface area contributed by atoms with E-state index in [1.807, 2.05) is 6.92 Å². The Morgan fingerprint density at radius 3 is 3.27 bits per heavy atom. The van der Waals surface area contributed by atoms with E-state index in [0.717, 1.165) is 18.8 Å². The van der Waals surface area contributed by atoms with Crippen molar-refractivity contribution in [3.8, 4) is 6.07 Å². The smallest absolute Gasteiger partial charge is 0.101 e. The molecular weight excluding hydrogens is 190 g/mol. The molecule has 78 valence electrons. The molecule has 1 aliphatic heterocycles. The lowest BCUT2D eigenvalue weighted by Gasteiger charge is -2.33. The van der Waals surface area contributed by atoms with Crippen LogP contribution in [-0.2, 0) is 4.74 Å². The SMILES string of the molecule is CC1CN(c2cnccc2C#N)CCO1. The van der Waals surface area contributed by atoms with Gasteiger partial charge in [-0.25, -0.2) is 0 Å². The number of anilines is 1. The first-order chi connectivity index (χ1) is 7.31. The molecule has 0 aliphatic carbocycles. The maximum absolute atomic E-state index is 8.98. The molecule has 1 fully saturated rings. The zero-order chi connectivity index (χ0) is 10.7. The van der Waals surface area contributed by atoms with Crippen LogP contribution in [0.2, 0.25) is 0 Å². The van der Waals surface area contributed by atoms with Crippen LogP contribution in [0.15, 0.2) is 18.5 Å².